The van der Waals surface area contributed by atoms with Crippen molar-refractivity contribution in [1.29, 1.82) is 0 Å². The third kappa shape index (κ3) is 3.74. The molecule has 2 amide bonds. The van der Waals surface area contributed by atoms with Crippen LogP contribution in [0.5, 0.6) is 5.75 Å². The summed E-state index contributed by atoms with van der Waals surface area (Å²) in [6, 6.07) is 2.63. The molecule has 0 spiro atoms. The third-order valence-electron chi connectivity index (χ3n) is 3.59. The summed E-state index contributed by atoms with van der Waals surface area (Å²) in [7, 11) is 0. The van der Waals surface area contributed by atoms with Crippen molar-refractivity contribution in [3.63, 3.8) is 0 Å². The lowest BCUT2D eigenvalue weighted by atomic mass is 10.0. The van der Waals surface area contributed by atoms with Gasteiger partial charge in [-0.15, -0.1) is 11.8 Å². The van der Waals surface area contributed by atoms with E-state index in [0.29, 0.717) is 0 Å². The number of hydrogen-bond acceptors (Lipinski definition) is 4. The number of para-hydroxylation sites is 1. The number of carbonyl (C=O) groups is 2. The molecule has 5 nitrogen and oxygen atoms in total. The molecular weight excluding hydrogens is 300 g/mol. The number of β-lactam (4-membered cyclic amide) rings is 1. The second-order valence-corrected chi connectivity index (χ2v) is 7.30. The lowest BCUT2D eigenvalue weighted by Gasteiger charge is -2.37. The highest BCUT2D eigenvalue weighted by Crippen LogP contribution is 2.50. The lowest BCUT2D eigenvalue weighted by molar-refractivity contribution is -0.143. The van der Waals surface area contributed by atoms with Crippen LogP contribution in [0, 0.1) is 0 Å². The second-order valence-electron chi connectivity index (χ2n) is 5.53. The van der Waals surface area contributed by atoms with Gasteiger partial charge in [0.05, 0.1) is 15.9 Å². The fraction of sp³-hybridized carbons (Fsp3) is 0.500. The van der Waals surface area contributed by atoms with Crippen molar-refractivity contribution in [2.24, 2.45) is 5.73 Å². The van der Waals surface area contributed by atoms with E-state index in [4.69, 9.17) is 16.0 Å². The Morgan fingerprint density at radius 1 is 1.64 bits per heavy atom. The molecule has 0 aromatic heterocycles. The van der Waals surface area contributed by atoms with Gasteiger partial charge in [0.1, 0.15) is 5.75 Å². The Labute approximate surface area is 143 Å². The zero-order valence-electron chi connectivity index (χ0n) is 16.8. The fourth-order valence-corrected chi connectivity index (χ4v) is 3.62. The molecule has 3 atom stereocenters. The summed E-state index contributed by atoms with van der Waals surface area (Å²) in [5.74, 6) is -0.763. The SMILES string of the molecule is [2HH].[2HH].[2H]C1C(=O)N2C1SC(C)(C)C2C.[2H]c1ccc([2H])c(OCC(N)=O)c1[2H]. The Hall–Kier alpha value is -1.69. The van der Waals surface area contributed by atoms with Crippen LogP contribution in [0.2, 0.25) is 0 Å². The molecule has 0 radical (unpaired) electrons. The summed E-state index contributed by atoms with van der Waals surface area (Å²) in [5, 5.41) is 0.127. The van der Waals surface area contributed by atoms with Crippen LogP contribution in [0.4, 0.5) is 0 Å². The maximum absolute atomic E-state index is 11.3. The molecule has 0 bridgehead atoms. The van der Waals surface area contributed by atoms with E-state index in [2.05, 4.69) is 20.8 Å². The number of thioether (sulfide) groups is 1. The first-order valence-corrected chi connectivity index (χ1v) is 7.75. The van der Waals surface area contributed by atoms with Crippen molar-refractivity contribution in [2.45, 2.75) is 43.3 Å². The molecule has 6 heteroatoms. The number of ether oxygens (including phenoxy) is 1. The monoisotopic (exact) mass is 332 g/mol. The summed E-state index contributed by atoms with van der Waals surface area (Å²) in [6.45, 7) is 5.96. The Morgan fingerprint density at radius 2 is 2.36 bits per heavy atom. The zero-order chi connectivity index (χ0) is 19.8. The topological polar surface area (TPSA) is 72.6 Å². The van der Waals surface area contributed by atoms with Gasteiger partial charge in [-0.2, -0.15) is 0 Å². The number of primary amides is 1. The van der Waals surface area contributed by atoms with E-state index < -0.39 is 12.3 Å². The minimum Gasteiger partial charge on any atom is -0.484 e. The van der Waals surface area contributed by atoms with Gasteiger partial charge < -0.3 is 15.4 Å². The molecule has 1 aromatic rings. The zero-order valence-corrected chi connectivity index (χ0v) is 13.6. The van der Waals surface area contributed by atoms with Crippen molar-refractivity contribution >= 4 is 23.6 Å². The van der Waals surface area contributed by atoms with Crippen LogP contribution in [0.25, 0.3) is 0 Å². The molecular formula is C16H26N2O3S. The number of nitrogens with two attached hydrogens (primary N) is 1. The molecule has 2 aliphatic rings. The van der Waals surface area contributed by atoms with Crippen LogP contribution in [-0.2, 0) is 9.59 Å². The van der Waals surface area contributed by atoms with E-state index in [-0.39, 0.29) is 55.4 Å². The Bertz CT molecular complexity index is 737. The summed E-state index contributed by atoms with van der Waals surface area (Å²) in [5.41, 5.74) is 4.85. The number of hydrogen-bond donors (Lipinski definition) is 1. The summed E-state index contributed by atoms with van der Waals surface area (Å²) in [4.78, 5) is 23.5. The van der Waals surface area contributed by atoms with E-state index in [9.17, 15) is 9.59 Å². The Morgan fingerprint density at radius 3 is 3.00 bits per heavy atom. The fourth-order valence-electron chi connectivity index (χ4n) is 2.10. The van der Waals surface area contributed by atoms with Crippen LogP contribution in [0.15, 0.2) is 30.3 Å². The number of rotatable bonds is 3. The van der Waals surface area contributed by atoms with Crippen LogP contribution >= 0.6 is 11.8 Å². The highest BCUT2D eigenvalue weighted by atomic mass is 32.2. The molecule has 2 heterocycles. The minimum atomic E-state index is -0.681. The van der Waals surface area contributed by atoms with Gasteiger partial charge in [-0.1, -0.05) is 18.2 Å². The maximum atomic E-state index is 11.3. The lowest BCUT2D eigenvalue weighted by Crippen LogP contribution is -2.52. The van der Waals surface area contributed by atoms with Gasteiger partial charge in [0, 0.05) is 15.0 Å². The molecule has 2 aliphatic heterocycles. The molecule has 2 saturated heterocycles. The van der Waals surface area contributed by atoms with E-state index in [0.717, 1.165) is 0 Å². The molecule has 2 N–H and O–H groups in total. The van der Waals surface area contributed by atoms with Crippen molar-refractivity contribution in [3.05, 3.63) is 30.3 Å². The summed E-state index contributed by atoms with van der Waals surface area (Å²) >= 11 is 1.76. The molecule has 2 fully saturated rings. The van der Waals surface area contributed by atoms with E-state index in [1.165, 1.54) is 12.1 Å². The van der Waals surface area contributed by atoms with Crippen molar-refractivity contribution in [2.75, 3.05) is 6.61 Å². The first kappa shape index (κ1) is 11.8. The van der Waals surface area contributed by atoms with Crippen molar-refractivity contribution in [1.82, 2.24) is 4.90 Å². The molecule has 124 valence electrons. The van der Waals surface area contributed by atoms with Crippen LogP contribution < -0.4 is 10.5 Å². The predicted molar refractivity (Wildman–Crippen MR) is 91.7 cm³/mol. The maximum Gasteiger partial charge on any atom is 0.255 e. The Balaban J connectivity index is 0.000000489. The first-order valence-electron chi connectivity index (χ1n) is 8.95. The van der Waals surface area contributed by atoms with E-state index >= 15 is 0 Å². The number of carbonyl (C=O) groups excluding carboxylic acids is 2. The average Bonchev–Trinajstić information content (AvgIpc) is 2.79. The number of fused-ring (bicyclic) bond motifs is 1. The van der Waals surface area contributed by atoms with Crippen molar-refractivity contribution in [3.8, 4) is 5.75 Å². The van der Waals surface area contributed by atoms with E-state index in [1.54, 1.807) is 11.8 Å². The van der Waals surface area contributed by atoms with Gasteiger partial charge >= 0.3 is 0 Å². The molecule has 22 heavy (non-hydrogen) atoms. The normalized spacial score (nSPS) is 30.6. The molecule has 0 aliphatic carbocycles. The van der Waals surface area contributed by atoms with Gasteiger partial charge in [0.15, 0.2) is 6.61 Å². The van der Waals surface area contributed by atoms with Gasteiger partial charge in [-0.05, 0) is 32.9 Å². The molecule has 3 rings (SSSR count). The highest BCUT2D eigenvalue weighted by Gasteiger charge is 2.53. The second kappa shape index (κ2) is 6.60. The molecule has 1 aromatic carbocycles. The minimum absolute atomic E-state index is 0. The smallest absolute Gasteiger partial charge is 0.255 e. The quantitative estimate of drug-likeness (QED) is 0.863. The van der Waals surface area contributed by atoms with Gasteiger partial charge in [-0.25, -0.2) is 0 Å². The Kier molecular flexibility index (Phi) is 3.55. The van der Waals surface area contributed by atoms with E-state index in [1.807, 2.05) is 4.90 Å². The number of benzene rings is 1. The van der Waals surface area contributed by atoms with Gasteiger partial charge in [-0.3, -0.25) is 9.59 Å². The highest BCUT2D eigenvalue weighted by molar-refractivity contribution is 8.01. The first-order chi connectivity index (χ1) is 12.0. The number of amides is 2. The van der Waals surface area contributed by atoms with Crippen LogP contribution in [0.1, 0.15) is 35.5 Å². The number of nitrogens with zero attached hydrogens (tertiary/aromatic N) is 1. The predicted octanol–water partition coefficient (Wildman–Crippen LogP) is 2.50. The van der Waals surface area contributed by atoms with Crippen molar-refractivity contribution < 1.29 is 22.7 Å². The summed E-state index contributed by atoms with van der Waals surface area (Å²) < 4.78 is 34.5. The average molecular weight is 332 g/mol. The van der Waals surface area contributed by atoms with Crippen LogP contribution in [0.3, 0.4) is 0 Å². The van der Waals surface area contributed by atoms with Gasteiger partial charge in [0.2, 0.25) is 5.91 Å². The van der Waals surface area contributed by atoms with Gasteiger partial charge in [0.25, 0.3) is 5.91 Å². The third-order valence-corrected chi connectivity index (χ3v) is 5.14. The largest absolute Gasteiger partial charge is 0.484 e. The van der Waals surface area contributed by atoms with Crippen LogP contribution in [-0.4, -0.2) is 39.5 Å². The summed E-state index contributed by atoms with van der Waals surface area (Å²) in [6.07, 6.45) is -0.501. The molecule has 0 saturated carbocycles. The standard InChI is InChI=1S/C8H9NO2.C8H13NOS.2H2/c9-8(10)6-11-7-4-2-1-3-5-7;1-5-8(2,3)11-7-4-6(10)9(5)7;;/h1-5H,6H2,(H2,9,10);5,7H,4H2,1-3H3;2*1H/i2D,4D,5D;4D;2*1+1. The molecule has 3 unspecified atom stereocenters.